The summed E-state index contributed by atoms with van der Waals surface area (Å²) in [5, 5.41) is 8.49. The predicted molar refractivity (Wildman–Crippen MR) is 118 cm³/mol. The summed E-state index contributed by atoms with van der Waals surface area (Å²) in [5.41, 5.74) is 0.805. The molecular weight excluding hydrogens is 437 g/mol. The number of anilines is 3. The second-order valence-corrected chi connectivity index (χ2v) is 7.78. The number of fused-ring (bicyclic) bond motifs is 1. The number of rotatable bonds is 8. The van der Waals surface area contributed by atoms with Gasteiger partial charge in [0.05, 0.1) is 11.7 Å². The molecule has 0 atom stereocenters. The average molecular weight is 462 g/mol. The lowest BCUT2D eigenvalue weighted by atomic mass is 10.1. The van der Waals surface area contributed by atoms with E-state index < -0.39 is 23.1 Å². The molecule has 33 heavy (non-hydrogen) atoms. The normalized spacial score (nSPS) is 14.4. The molecule has 3 aromatic rings. The van der Waals surface area contributed by atoms with Crippen LogP contribution < -0.4 is 16.0 Å². The molecule has 3 N–H and O–H groups in total. The van der Waals surface area contributed by atoms with E-state index in [0.717, 1.165) is 5.52 Å². The number of nitrogens with zero attached hydrogens (tertiary/aromatic N) is 3. The van der Waals surface area contributed by atoms with Gasteiger partial charge in [-0.25, -0.2) is 23.1 Å². The van der Waals surface area contributed by atoms with Crippen molar-refractivity contribution in [1.82, 2.24) is 19.9 Å². The van der Waals surface area contributed by atoms with Crippen molar-refractivity contribution in [3.8, 4) is 0 Å². The third-order valence-corrected chi connectivity index (χ3v) is 5.54. The van der Waals surface area contributed by atoms with E-state index >= 15 is 0 Å². The highest BCUT2D eigenvalue weighted by Crippen LogP contribution is 2.33. The maximum atomic E-state index is 14.3. The van der Waals surface area contributed by atoms with Crippen molar-refractivity contribution in [1.29, 1.82) is 0 Å². The maximum absolute atomic E-state index is 14.3. The molecule has 0 spiro atoms. The number of benzene rings is 1. The minimum atomic E-state index is -1.05. The van der Waals surface area contributed by atoms with Gasteiger partial charge in [0.15, 0.2) is 11.6 Å². The Hall–Kier alpha value is -3.34. The van der Waals surface area contributed by atoms with Gasteiger partial charge in [-0.15, -0.1) is 0 Å². The van der Waals surface area contributed by atoms with Gasteiger partial charge >= 0.3 is 0 Å². The van der Waals surface area contributed by atoms with Crippen molar-refractivity contribution in [3.63, 3.8) is 0 Å². The molecular formula is C22H25F3N6O2. The maximum Gasteiger partial charge on any atom is 0.219 e. The van der Waals surface area contributed by atoms with Crippen molar-refractivity contribution >= 4 is 34.4 Å². The molecule has 1 aliphatic heterocycles. The molecule has 0 bridgehead atoms. The van der Waals surface area contributed by atoms with Crippen LogP contribution in [-0.4, -0.2) is 47.2 Å². The van der Waals surface area contributed by atoms with Crippen molar-refractivity contribution in [2.24, 2.45) is 0 Å². The number of hydrogen-bond donors (Lipinski definition) is 3. The first kappa shape index (κ1) is 22.8. The van der Waals surface area contributed by atoms with Crippen LogP contribution in [0.25, 0.3) is 11.0 Å². The smallest absolute Gasteiger partial charge is 0.219 e. The van der Waals surface area contributed by atoms with Crippen LogP contribution in [0.3, 0.4) is 0 Å². The fraction of sp³-hybridized carbons (Fsp3) is 0.409. The SMILES string of the molecule is CNC(=O)CCCNc1cc2c(cn1)nc(Nc1c(F)cc(F)cc1F)n2C1CCOCC1. The number of halogens is 3. The van der Waals surface area contributed by atoms with Gasteiger partial charge in [-0.2, -0.15) is 0 Å². The van der Waals surface area contributed by atoms with E-state index in [0.29, 0.717) is 68.9 Å². The zero-order chi connectivity index (χ0) is 23.4. The van der Waals surface area contributed by atoms with E-state index in [4.69, 9.17) is 4.74 Å². The molecule has 1 amide bonds. The highest BCUT2D eigenvalue weighted by atomic mass is 19.1. The van der Waals surface area contributed by atoms with E-state index in [2.05, 4.69) is 25.9 Å². The van der Waals surface area contributed by atoms with E-state index in [9.17, 15) is 18.0 Å². The number of imidazole rings is 1. The van der Waals surface area contributed by atoms with Gasteiger partial charge in [0.25, 0.3) is 0 Å². The Morgan fingerprint density at radius 3 is 2.61 bits per heavy atom. The number of nitrogens with one attached hydrogen (secondary N) is 3. The molecule has 0 unspecified atom stereocenters. The van der Waals surface area contributed by atoms with Crippen molar-refractivity contribution in [2.75, 3.05) is 37.4 Å². The number of aromatic nitrogens is 3. The van der Waals surface area contributed by atoms with Crippen LogP contribution in [0.2, 0.25) is 0 Å². The molecule has 0 saturated carbocycles. The van der Waals surface area contributed by atoms with Crippen molar-refractivity contribution in [2.45, 2.75) is 31.7 Å². The number of amides is 1. The fourth-order valence-corrected chi connectivity index (χ4v) is 3.86. The summed E-state index contributed by atoms with van der Waals surface area (Å²) < 4.78 is 49.3. The zero-order valence-corrected chi connectivity index (χ0v) is 18.1. The summed E-state index contributed by atoms with van der Waals surface area (Å²) in [4.78, 5) is 20.2. The number of carbonyl (C=O) groups excluding carboxylic acids is 1. The Balaban J connectivity index is 1.65. The molecule has 4 rings (SSSR count). The number of carbonyl (C=O) groups is 1. The molecule has 176 valence electrons. The summed E-state index contributed by atoms with van der Waals surface area (Å²) in [6.45, 7) is 1.66. The number of hydrogen-bond acceptors (Lipinski definition) is 6. The summed E-state index contributed by atoms with van der Waals surface area (Å²) in [6.07, 6.45) is 4.01. The van der Waals surface area contributed by atoms with E-state index in [1.54, 1.807) is 13.2 Å². The number of pyridine rings is 1. The molecule has 3 heterocycles. The van der Waals surface area contributed by atoms with Gasteiger partial charge in [-0.3, -0.25) is 4.79 Å². The summed E-state index contributed by atoms with van der Waals surface area (Å²) in [6, 6.07) is 3.05. The molecule has 1 fully saturated rings. The minimum Gasteiger partial charge on any atom is -0.381 e. The van der Waals surface area contributed by atoms with E-state index in [-0.39, 0.29) is 17.9 Å². The Morgan fingerprint density at radius 1 is 1.18 bits per heavy atom. The van der Waals surface area contributed by atoms with Gasteiger partial charge in [0.1, 0.15) is 22.8 Å². The van der Waals surface area contributed by atoms with Crippen LogP contribution in [0.15, 0.2) is 24.4 Å². The standard InChI is InChI=1S/C22H25F3N6O2/c1-26-20(32)3-2-6-27-19-11-18-17(12-28-19)29-22(31(18)14-4-7-33-8-5-14)30-21-15(24)9-13(23)10-16(21)25/h9-12,14H,2-8H2,1H3,(H,26,32)(H,27,28)(H,29,30). The van der Waals surface area contributed by atoms with Crippen molar-refractivity contribution in [3.05, 3.63) is 41.8 Å². The lowest BCUT2D eigenvalue weighted by molar-refractivity contribution is -0.120. The van der Waals surface area contributed by atoms with Gasteiger partial charge in [0, 0.05) is 57.5 Å². The molecule has 8 nitrogen and oxygen atoms in total. The molecule has 1 saturated heterocycles. The highest BCUT2D eigenvalue weighted by molar-refractivity contribution is 5.81. The van der Waals surface area contributed by atoms with Gasteiger partial charge in [-0.05, 0) is 19.3 Å². The third-order valence-electron chi connectivity index (χ3n) is 5.54. The minimum absolute atomic E-state index is 0.0127. The van der Waals surface area contributed by atoms with Crippen LogP contribution in [-0.2, 0) is 9.53 Å². The molecule has 11 heteroatoms. The first-order chi connectivity index (χ1) is 16.0. The van der Waals surface area contributed by atoms with Crippen molar-refractivity contribution < 1.29 is 22.7 Å². The lowest BCUT2D eigenvalue weighted by Crippen LogP contribution is -2.21. The quantitative estimate of drug-likeness (QED) is 0.440. The van der Waals surface area contributed by atoms with Crippen LogP contribution in [0.1, 0.15) is 31.7 Å². The molecule has 0 aliphatic carbocycles. The molecule has 1 aromatic carbocycles. The van der Waals surface area contributed by atoms with Gasteiger partial charge < -0.3 is 25.3 Å². The second kappa shape index (κ2) is 10.1. The van der Waals surface area contributed by atoms with Gasteiger partial charge in [-0.1, -0.05) is 0 Å². The monoisotopic (exact) mass is 462 g/mol. The van der Waals surface area contributed by atoms with E-state index in [1.165, 1.54) is 0 Å². The van der Waals surface area contributed by atoms with Crippen LogP contribution in [0.4, 0.5) is 30.6 Å². The predicted octanol–water partition coefficient (Wildman–Crippen LogP) is 3.88. The summed E-state index contributed by atoms with van der Waals surface area (Å²) in [7, 11) is 1.60. The first-order valence-electron chi connectivity index (χ1n) is 10.8. The Morgan fingerprint density at radius 2 is 1.91 bits per heavy atom. The lowest BCUT2D eigenvalue weighted by Gasteiger charge is -2.26. The fourth-order valence-electron chi connectivity index (χ4n) is 3.86. The van der Waals surface area contributed by atoms with E-state index in [1.807, 2.05) is 10.6 Å². The topological polar surface area (TPSA) is 93.1 Å². The first-order valence-corrected chi connectivity index (χ1v) is 10.8. The van der Waals surface area contributed by atoms with Crippen LogP contribution in [0.5, 0.6) is 0 Å². The molecule has 0 radical (unpaired) electrons. The van der Waals surface area contributed by atoms with Crippen LogP contribution in [0, 0.1) is 17.5 Å². The molecule has 2 aromatic heterocycles. The highest BCUT2D eigenvalue weighted by Gasteiger charge is 2.24. The largest absolute Gasteiger partial charge is 0.381 e. The number of ether oxygens (including phenoxy) is 1. The summed E-state index contributed by atoms with van der Waals surface area (Å²) >= 11 is 0. The Labute approximate surface area is 188 Å². The van der Waals surface area contributed by atoms with Crippen LogP contribution >= 0.6 is 0 Å². The van der Waals surface area contributed by atoms with Gasteiger partial charge in [0.2, 0.25) is 11.9 Å². The zero-order valence-electron chi connectivity index (χ0n) is 18.1. The Kier molecular flexibility index (Phi) is 6.97. The molecule has 1 aliphatic rings. The third kappa shape index (κ3) is 5.19. The second-order valence-electron chi connectivity index (χ2n) is 7.78. The Bertz CT molecular complexity index is 1120. The average Bonchev–Trinajstić information content (AvgIpc) is 3.16. The summed E-state index contributed by atoms with van der Waals surface area (Å²) in [5.74, 6) is -2.29.